The second kappa shape index (κ2) is 8.43. The van der Waals surface area contributed by atoms with E-state index in [1.807, 2.05) is 0 Å². The lowest BCUT2D eigenvalue weighted by atomic mass is 9.86. The first-order chi connectivity index (χ1) is 8.69. The van der Waals surface area contributed by atoms with Crippen molar-refractivity contribution < 1.29 is 23.8 Å². The van der Waals surface area contributed by atoms with E-state index < -0.39 is 6.17 Å². The van der Waals surface area contributed by atoms with Gasteiger partial charge in [0.1, 0.15) is 6.17 Å². The number of carbonyl (C=O) groups excluding carboxylic acids is 1. The number of aliphatic hydroxyl groups excluding tert-OH is 1. The first kappa shape index (κ1) is 15.4. The summed E-state index contributed by atoms with van der Waals surface area (Å²) >= 11 is 0. The minimum Gasteiger partial charge on any atom is -0.469 e. The van der Waals surface area contributed by atoms with Gasteiger partial charge < -0.3 is 14.6 Å². The molecule has 106 valence electrons. The van der Waals surface area contributed by atoms with E-state index in [1.54, 1.807) is 0 Å². The zero-order valence-electron chi connectivity index (χ0n) is 10.9. The fourth-order valence-electron chi connectivity index (χ4n) is 2.28. The summed E-state index contributed by atoms with van der Waals surface area (Å²) in [6.45, 7) is 0.712. The number of rotatable bonds is 7. The molecule has 4 nitrogen and oxygen atoms in total. The second-order valence-electron chi connectivity index (χ2n) is 4.74. The number of esters is 1. The SMILES string of the molecule is COC(=O)[C@H]1CC[C@H](OCCCCCO)[C@H](F)C1. The molecule has 1 aliphatic carbocycles. The topological polar surface area (TPSA) is 55.8 Å². The van der Waals surface area contributed by atoms with Gasteiger partial charge in [0.05, 0.1) is 19.1 Å². The molecular formula is C13H23FO4. The second-order valence-corrected chi connectivity index (χ2v) is 4.74. The van der Waals surface area contributed by atoms with Gasteiger partial charge in [0.2, 0.25) is 0 Å². The van der Waals surface area contributed by atoms with E-state index in [0.29, 0.717) is 19.4 Å². The van der Waals surface area contributed by atoms with Gasteiger partial charge in [0.25, 0.3) is 0 Å². The zero-order valence-corrected chi connectivity index (χ0v) is 10.9. The van der Waals surface area contributed by atoms with E-state index in [0.717, 1.165) is 19.3 Å². The van der Waals surface area contributed by atoms with Crippen molar-refractivity contribution in [1.29, 1.82) is 0 Å². The number of alkyl halides is 1. The summed E-state index contributed by atoms with van der Waals surface area (Å²) in [7, 11) is 1.33. The van der Waals surface area contributed by atoms with Gasteiger partial charge >= 0.3 is 5.97 Å². The van der Waals surface area contributed by atoms with E-state index >= 15 is 0 Å². The van der Waals surface area contributed by atoms with Crippen LogP contribution >= 0.6 is 0 Å². The number of unbranched alkanes of at least 4 members (excludes halogenated alkanes) is 2. The number of hydrogen-bond acceptors (Lipinski definition) is 4. The number of ether oxygens (including phenoxy) is 2. The van der Waals surface area contributed by atoms with Gasteiger partial charge in [-0.25, -0.2) is 4.39 Å². The Balaban J connectivity index is 2.19. The molecule has 0 unspecified atom stereocenters. The van der Waals surface area contributed by atoms with Crippen LogP contribution in [0.5, 0.6) is 0 Å². The van der Waals surface area contributed by atoms with Crippen molar-refractivity contribution in [3.63, 3.8) is 0 Å². The normalized spacial score (nSPS) is 28.1. The third-order valence-electron chi connectivity index (χ3n) is 3.38. The maximum absolute atomic E-state index is 13.8. The molecule has 0 amide bonds. The Morgan fingerprint density at radius 3 is 2.72 bits per heavy atom. The van der Waals surface area contributed by atoms with Crippen LogP contribution in [0.4, 0.5) is 4.39 Å². The number of hydrogen-bond donors (Lipinski definition) is 1. The first-order valence-electron chi connectivity index (χ1n) is 6.63. The average Bonchev–Trinajstić information content (AvgIpc) is 2.39. The Morgan fingerprint density at radius 2 is 2.11 bits per heavy atom. The highest BCUT2D eigenvalue weighted by molar-refractivity contribution is 5.72. The van der Waals surface area contributed by atoms with Gasteiger partial charge in [-0.15, -0.1) is 0 Å². The van der Waals surface area contributed by atoms with Gasteiger partial charge in [-0.05, 0) is 38.5 Å². The molecular weight excluding hydrogens is 239 g/mol. The zero-order chi connectivity index (χ0) is 13.4. The molecule has 0 aliphatic heterocycles. The molecule has 0 radical (unpaired) electrons. The molecule has 5 heteroatoms. The minimum absolute atomic E-state index is 0.190. The molecule has 0 saturated heterocycles. The predicted octanol–water partition coefficient (Wildman–Crippen LogP) is 1.85. The highest BCUT2D eigenvalue weighted by Crippen LogP contribution is 2.29. The van der Waals surface area contributed by atoms with Crippen LogP contribution < -0.4 is 0 Å². The van der Waals surface area contributed by atoms with Gasteiger partial charge in [0, 0.05) is 13.2 Å². The average molecular weight is 262 g/mol. The van der Waals surface area contributed by atoms with Crippen molar-refractivity contribution >= 4 is 5.97 Å². The van der Waals surface area contributed by atoms with Gasteiger partial charge in [0.15, 0.2) is 0 Å². The Bertz CT molecular complexity index is 247. The van der Waals surface area contributed by atoms with E-state index in [-0.39, 0.29) is 31.0 Å². The molecule has 0 aromatic heterocycles. The van der Waals surface area contributed by atoms with E-state index in [2.05, 4.69) is 4.74 Å². The van der Waals surface area contributed by atoms with Crippen molar-refractivity contribution in [3.05, 3.63) is 0 Å². The summed E-state index contributed by atoms with van der Waals surface area (Å²) in [5.74, 6) is -0.640. The number of halogens is 1. The smallest absolute Gasteiger partial charge is 0.308 e. The lowest BCUT2D eigenvalue weighted by Gasteiger charge is -2.30. The summed E-state index contributed by atoms with van der Waals surface area (Å²) in [4.78, 5) is 11.3. The van der Waals surface area contributed by atoms with Crippen molar-refractivity contribution in [2.45, 2.75) is 50.8 Å². The lowest BCUT2D eigenvalue weighted by Crippen LogP contribution is -2.36. The van der Waals surface area contributed by atoms with Crippen molar-refractivity contribution in [2.75, 3.05) is 20.3 Å². The van der Waals surface area contributed by atoms with Crippen LogP contribution in [-0.2, 0) is 14.3 Å². The first-order valence-corrected chi connectivity index (χ1v) is 6.63. The number of carbonyl (C=O) groups is 1. The maximum Gasteiger partial charge on any atom is 0.308 e. The van der Waals surface area contributed by atoms with E-state index in [1.165, 1.54) is 7.11 Å². The summed E-state index contributed by atoms with van der Waals surface area (Å²) in [6, 6.07) is 0. The largest absolute Gasteiger partial charge is 0.469 e. The number of aliphatic hydroxyl groups is 1. The molecule has 1 rings (SSSR count). The van der Waals surface area contributed by atoms with E-state index in [9.17, 15) is 9.18 Å². The summed E-state index contributed by atoms with van der Waals surface area (Å²) in [5.41, 5.74) is 0. The van der Waals surface area contributed by atoms with E-state index in [4.69, 9.17) is 9.84 Å². The summed E-state index contributed by atoms with van der Waals surface area (Å²) in [5, 5.41) is 8.62. The molecule has 1 N–H and O–H groups in total. The quantitative estimate of drug-likeness (QED) is 0.562. The Morgan fingerprint density at radius 1 is 1.33 bits per heavy atom. The highest BCUT2D eigenvalue weighted by atomic mass is 19.1. The van der Waals surface area contributed by atoms with Crippen LogP contribution in [0, 0.1) is 5.92 Å². The van der Waals surface area contributed by atoms with Crippen LogP contribution in [-0.4, -0.2) is 43.7 Å². The summed E-state index contributed by atoms with van der Waals surface area (Å²) in [6.07, 6.45) is 2.43. The van der Waals surface area contributed by atoms with Gasteiger partial charge in [-0.1, -0.05) is 0 Å². The molecule has 0 aromatic rings. The van der Waals surface area contributed by atoms with Crippen LogP contribution in [0.3, 0.4) is 0 Å². The Hall–Kier alpha value is -0.680. The van der Waals surface area contributed by atoms with Crippen LogP contribution in [0.25, 0.3) is 0 Å². The van der Waals surface area contributed by atoms with Crippen molar-refractivity contribution in [3.8, 4) is 0 Å². The molecule has 1 aliphatic rings. The fraction of sp³-hybridized carbons (Fsp3) is 0.923. The standard InChI is InChI=1S/C13H23FO4/c1-17-13(16)10-5-6-12(11(14)9-10)18-8-4-2-3-7-15/h10-12,15H,2-9H2,1H3/t10-,11+,12-/m0/s1. The predicted molar refractivity (Wildman–Crippen MR) is 64.9 cm³/mol. The van der Waals surface area contributed by atoms with Crippen molar-refractivity contribution in [2.24, 2.45) is 5.92 Å². The molecule has 1 saturated carbocycles. The molecule has 3 atom stereocenters. The molecule has 1 fully saturated rings. The highest BCUT2D eigenvalue weighted by Gasteiger charge is 2.34. The molecule has 0 heterocycles. The molecule has 0 bridgehead atoms. The van der Waals surface area contributed by atoms with Gasteiger partial charge in [-0.3, -0.25) is 4.79 Å². The Labute approximate surface area is 107 Å². The fourth-order valence-corrected chi connectivity index (χ4v) is 2.28. The van der Waals surface area contributed by atoms with Gasteiger partial charge in [-0.2, -0.15) is 0 Å². The Kier molecular flexibility index (Phi) is 7.20. The molecule has 18 heavy (non-hydrogen) atoms. The lowest BCUT2D eigenvalue weighted by molar-refractivity contribution is -0.149. The summed E-state index contributed by atoms with van der Waals surface area (Å²) < 4.78 is 23.9. The molecule has 0 aromatic carbocycles. The van der Waals surface area contributed by atoms with Crippen LogP contribution in [0.1, 0.15) is 38.5 Å². The van der Waals surface area contributed by atoms with Crippen molar-refractivity contribution in [1.82, 2.24) is 0 Å². The third-order valence-corrected chi connectivity index (χ3v) is 3.38. The third kappa shape index (κ3) is 4.90. The number of methoxy groups -OCH3 is 1. The monoisotopic (exact) mass is 262 g/mol. The molecule has 0 spiro atoms. The van der Waals surface area contributed by atoms with Crippen LogP contribution in [0.2, 0.25) is 0 Å². The van der Waals surface area contributed by atoms with Crippen LogP contribution in [0.15, 0.2) is 0 Å². The minimum atomic E-state index is -1.08. The maximum atomic E-state index is 13.8.